The zero-order valence-corrected chi connectivity index (χ0v) is 7.10. The van der Waals surface area contributed by atoms with Crippen molar-refractivity contribution in [1.82, 2.24) is 0 Å². The molecule has 0 aromatic heterocycles. The molecule has 0 aromatic rings. The molecule has 0 amide bonds. The van der Waals surface area contributed by atoms with E-state index in [4.69, 9.17) is 10.6 Å². The molecular formula is C7H13N3O2. The Morgan fingerprint density at radius 2 is 2.42 bits per heavy atom. The minimum Gasteiger partial charge on any atom is -0.481 e. The van der Waals surface area contributed by atoms with Crippen molar-refractivity contribution in [1.29, 1.82) is 0 Å². The predicted molar refractivity (Wildman–Crippen MR) is 44.7 cm³/mol. The summed E-state index contributed by atoms with van der Waals surface area (Å²) >= 11 is 0. The van der Waals surface area contributed by atoms with E-state index < -0.39 is 5.97 Å². The SMILES string of the molecule is CCC(CCCN=[N+]=[N-])C(=O)O. The Kier molecular flexibility index (Phi) is 5.83. The molecule has 0 radical (unpaired) electrons. The summed E-state index contributed by atoms with van der Waals surface area (Å²) in [4.78, 5) is 13.1. The van der Waals surface area contributed by atoms with Crippen molar-refractivity contribution < 1.29 is 9.90 Å². The van der Waals surface area contributed by atoms with Gasteiger partial charge in [-0.25, -0.2) is 0 Å². The summed E-state index contributed by atoms with van der Waals surface area (Å²) in [5.41, 5.74) is 7.94. The van der Waals surface area contributed by atoms with Crippen LogP contribution in [-0.2, 0) is 4.79 Å². The number of hydrogen-bond donors (Lipinski definition) is 1. The highest BCUT2D eigenvalue weighted by atomic mass is 16.4. The average Bonchev–Trinajstić information content (AvgIpc) is 2.04. The van der Waals surface area contributed by atoms with Crippen LogP contribution in [-0.4, -0.2) is 17.6 Å². The van der Waals surface area contributed by atoms with Gasteiger partial charge in [0.1, 0.15) is 0 Å². The standard InChI is InChI=1S/C7H13N3O2/c1-2-6(7(11)12)4-3-5-9-10-8/h6H,2-5H2,1H3,(H,11,12). The van der Waals surface area contributed by atoms with Gasteiger partial charge in [0, 0.05) is 11.5 Å². The Morgan fingerprint density at radius 1 is 1.75 bits per heavy atom. The van der Waals surface area contributed by atoms with Gasteiger partial charge in [-0.05, 0) is 24.8 Å². The van der Waals surface area contributed by atoms with E-state index in [1.54, 1.807) is 0 Å². The van der Waals surface area contributed by atoms with Gasteiger partial charge < -0.3 is 5.11 Å². The maximum Gasteiger partial charge on any atom is 0.306 e. The third-order valence-electron chi connectivity index (χ3n) is 1.72. The van der Waals surface area contributed by atoms with Gasteiger partial charge in [0.25, 0.3) is 0 Å². The van der Waals surface area contributed by atoms with Gasteiger partial charge in [0.2, 0.25) is 0 Å². The molecule has 1 N–H and O–H groups in total. The lowest BCUT2D eigenvalue weighted by molar-refractivity contribution is -0.142. The highest BCUT2D eigenvalue weighted by Gasteiger charge is 2.13. The molecule has 1 atom stereocenters. The van der Waals surface area contributed by atoms with Crippen LogP contribution < -0.4 is 0 Å². The first-order valence-corrected chi connectivity index (χ1v) is 3.96. The monoisotopic (exact) mass is 171 g/mol. The number of hydrogen-bond acceptors (Lipinski definition) is 2. The number of rotatable bonds is 6. The Hall–Kier alpha value is -1.22. The molecule has 5 nitrogen and oxygen atoms in total. The summed E-state index contributed by atoms with van der Waals surface area (Å²) in [5.74, 6) is -1.06. The molecule has 0 fully saturated rings. The maximum atomic E-state index is 10.5. The lowest BCUT2D eigenvalue weighted by Crippen LogP contribution is -2.12. The molecule has 0 bridgehead atoms. The van der Waals surface area contributed by atoms with E-state index in [0.717, 1.165) is 0 Å². The number of aliphatic carboxylic acids is 1. The van der Waals surface area contributed by atoms with Crippen molar-refractivity contribution in [2.75, 3.05) is 6.54 Å². The van der Waals surface area contributed by atoms with Crippen molar-refractivity contribution in [2.45, 2.75) is 26.2 Å². The van der Waals surface area contributed by atoms with Gasteiger partial charge in [-0.2, -0.15) is 0 Å². The van der Waals surface area contributed by atoms with Crippen LogP contribution in [0, 0.1) is 5.92 Å². The number of carbonyl (C=O) groups is 1. The summed E-state index contributed by atoms with van der Waals surface area (Å²) in [6, 6.07) is 0. The molecular weight excluding hydrogens is 158 g/mol. The third kappa shape index (κ3) is 4.57. The first-order chi connectivity index (χ1) is 5.72. The maximum absolute atomic E-state index is 10.5. The zero-order chi connectivity index (χ0) is 9.40. The molecule has 0 heterocycles. The van der Waals surface area contributed by atoms with E-state index >= 15 is 0 Å². The van der Waals surface area contributed by atoms with E-state index in [1.807, 2.05) is 6.92 Å². The molecule has 0 saturated heterocycles. The van der Waals surface area contributed by atoms with Crippen molar-refractivity contribution in [3.05, 3.63) is 10.4 Å². The van der Waals surface area contributed by atoms with Gasteiger partial charge in [0.05, 0.1) is 5.92 Å². The van der Waals surface area contributed by atoms with Gasteiger partial charge in [-0.3, -0.25) is 4.79 Å². The molecule has 1 unspecified atom stereocenters. The lowest BCUT2D eigenvalue weighted by Gasteiger charge is -2.06. The summed E-state index contributed by atoms with van der Waals surface area (Å²) in [7, 11) is 0. The molecule has 0 saturated carbocycles. The van der Waals surface area contributed by atoms with Gasteiger partial charge in [-0.15, -0.1) is 0 Å². The van der Waals surface area contributed by atoms with Crippen LogP contribution in [0.5, 0.6) is 0 Å². The van der Waals surface area contributed by atoms with Crippen LogP contribution in [0.3, 0.4) is 0 Å². The highest BCUT2D eigenvalue weighted by Crippen LogP contribution is 2.10. The molecule has 0 rings (SSSR count). The van der Waals surface area contributed by atoms with Crippen molar-refractivity contribution in [3.63, 3.8) is 0 Å². The van der Waals surface area contributed by atoms with Crippen LogP contribution in [0.25, 0.3) is 10.4 Å². The molecule has 5 heteroatoms. The van der Waals surface area contributed by atoms with E-state index in [0.29, 0.717) is 25.8 Å². The quantitative estimate of drug-likeness (QED) is 0.287. The fourth-order valence-corrected chi connectivity index (χ4v) is 0.955. The van der Waals surface area contributed by atoms with E-state index in [1.165, 1.54) is 0 Å². The normalized spacial score (nSPS) is 11.8. The second kappa shape index (κ2) is 6.49. The summed E-state index contributed by atoms with van der Waals surface area (Å²) in [6.07, 6.45) is 1.87. The lowest BCUT2D eigenvalue weighted by atomic mass is 10.0. The highest BCUT2D eigenvalue weighted by molar-refractivity contribution is 5.69. The van der Waals surface area contributed by atoms with Gasteiger partial charge in [0.15, 0.2) is 0 Å². The average molecular weight is 171 g/mol. The molecule has 12 heavy (non-hydrogen) atoms. The predicted octanol–water partition coefficient (Wildman–Crippen LogP) is 2.19. The third-order valence-corrected chi connectivity index (χ3v) is 1.72. The number of carboxylic acid groups (broad SMARTS) is 1. The number of nitrogens with zero attached hydrogens (tertiary/aromatic N) is 3. The Bertz CT molecular complexity index is 187. The first kappa shape index (κ1) is 10.8. The topological polar surface area (TPSA) is 86.1 Å². The second-order valence-electron chi connectivity index (χ2n) is 2.54. The number of carboxylic acids is 1. The van der Waals surface area contributed by atoms with Crippen LogP contribution in [0.15, 0.2) is 5.11 Å². The second-order valence-corrected chi connectivity index (χ2v) is 2.54. The van der Waals surface area contributed by atoms with E-state index in [2.05, 4.69) is 10.0 Å². The van der Waals surface area contributed by atoms with Crippen molar-refractivity contribution in [3.8, 4) is 0 Å². The van der Waals surface area contributed by atoms with Gasteiger partial charge in [-0.1, -0.05) is 12.0 Å². The Labute approximate surface area is 71.0 Å². The summed E-state index contributed by atoms with van der Waals surface area (Å²) in [5, 5.41) is 12.0. The molecule has 0 aliphatic rings. The molecule has 0 aromatic carbocycles. The zero-order valence-electron chi connectivity index (χ0n) is 7.10. The van der Waals surface area contributed by atoms with E-state index in [-0.39, 0.29) is 5.92 Å². The van der Waals surface area contributed by atoms with Crippen LogP contribution >= 0.6 is 0 Å². The smallest absolute Gasteiger partial charge is 0.306 e. The Balaban J connectivity index is 3.58. The van der Waals surface area contributed by atoms with Crippen LogP contribution in [0.4, 0.5) is 0 Å². The largest absolute Gasteiger partial charge is 0.481 e. The van der Waals surface area contributed by atoms with Crippen LogP contribution in [0.2, 0.25) is 0 Å². The van der Waals surface area contributed by atoms with Crippen molar-refractivity contribution in [2.24, 2.45) is 11.0 Å². The van der Waals surface area contributed by atoms with Crippen molar-refractivity contribution >= 4 is 5.97 Å². The number of azide groups is 1. The minimum absolute atomic E-state index is 0.293. The summed E-state index contributed by atoms with van der Waals surface area (Å²) < 4.78 is 0. The fourth-order valence-electron chi connectivity index (χ4n) is 0.955. The molecule has 0 aliphatic heterocycles. The Morgan fingerprint density at radius 3 is 2.83 bits per heavy atom. The fraction of sp³-hybridized carbons (Fsp3) is 0.857. The molecule has 0 spiro atoms. The summed E-state index contributed by atoms with van der Waals surface area (Å²) in [6.45, 7) is 2.23. The van der Waals surface area contributed by atoms with Crippen LogP contribution in [0.1, 0.15) is 26.2 Å². The van der Waals surface area contributed by atoms with E-state index in [9.17, 15) is 4.79 Å². The van der Waals surface area contributed by atoms with Gasteiger partial charge >= 0.3 is 5.97 Å². The molecule has 0 aliphatic carbocycles. The first-order valence-electron chi connectivity index (χ1n) is 3.96. The molecule has 68 valence electrons. The minimum atomic E-state index is -0.765.